The predicted molar refractivity (Wildman–Crippen MR) is 94.4 cm³/mol. The first-order chi connectivity index (χ1) is 12.0. The van der Waals surface area contributed by atoms with Gasteiger partial charge in [-0.15, -0.1) is 11.3 Å². The fraction of sp³-hybridized carbons (Fsp3) is 0.294. The Kier molecular flexibility index (Phi) is 6.24. The summed E-state index contributed by atoms with van der Waals surface area (Å²) in [6.07, 6.45) is 2.33. The number of amides is 2. The van der Waals surface area contributed by atoms with Gasteiger partial charge in [-0.25, -0.2) is 9.78 Å². The monoisotopic (exact) mass is 361 g/mol. The summed E-state index contributed by atoms with van der Waals surface area (Å²) < 4.78 is 4.66. The molecule has 0 fully saturated rings. The van der Waals surface area contributed by atoms with Gasteiger partial charge < -0.3 is 15.4 Å². The van der Waals surface area contributed by atoms with Gasteiger partial charge in [0.15, 0.2) is 0 Å². The molecule has 7 nitrogen and oxygen atoms in total. The first-order valence-electron chi connectivity index (χ1n) is 7.67. The number of methoxy groups -OCH3 is 1. The van der Waals surface area contributed by atoms with E-state index in [-0.39, 0.29) is 17.3 Å². The van der Waals surface area contributed by atoms with Crippen LogP contribution in [-0.4, -0.2) is 29.9 Å². The number of nitrogens with zero attached hydrogens (tertiary/aromatic N) is 1. The Bertz CT molecular complexity index is 788. The molecule has 2 N–H and O–H groups in total. The number of anilines is 1. The van der Waals surface area contributed by atoms with Gasteiger partial charge in [-0.1, -0.05) is 19.1 Å². The summed E-state index contributed by atoms with van der Waals surface area (Å²) in [5.41, 5.74) is 0.390. The van der Waals surface area contributed by atoms with Gasteiger partial charge in [0.2, 0.25) is 0 Å². The molecule has 0 aliphatic carbocycles. The Labute approximate surface area is 149 Å². The number of hydrogen-bond acceptors (Lipinski definition) is 6. The summed E-state index contributed by atoms with van der Waals surface area (Å²) in [5.74, 6) is -2.25. The van der Waals surface area contributed by atoms with Crippen LogP contribution in [-0.2, 0) is 14.3 Å². The maximum absolute atomic E-state index is 12.2. The maximum atomic E-state index is 12.2. The van der Waals surface area contributed by atoms with E-state index in [1.807, 2.05) is 13.8 Å². The van der Waals surface area contributed by atoms with E-state index < -0.39 is 17.8 Å². The largest absolute Gasteiger partial charge is 0.465 e. The molecule has 1 atom stereocenters. The maximum Gasteiger partial charge on any atom is 0.339 e. The van der Waals surface area contributed by atoms with Gasteiger partial charge in [0.05, 0.1) is 24.4 Å². The minimum absolute atomic E-state index is 0.175. The third-order valence-electron chi connectivity index (χ3n) is 3.44. The molecule has 0 saturated heterocycles. The minimum Gasteiger partial charge on any atom is -0.465 e. The van der Waals surface area contributed by atoms with Crippen molar-refractivity contribution in [2.45, 2.75) is 26.3 Å². The molecule has 2 rings (SSSR count). The third-order valence-corrected chi connectivity index (χ3v) is 4.46. The van der Waals surface area contributed by atoms with Crippen molar-refractivity contribution in [3.63, 3.8) is 0 Å². The molecule has 0 bridgehead atoms. The normalized spacial score (nSPS) is 11.5. The molecule has 25 heavy (non-hydrogen) atoms. The standard InChI is InChI=1S/C17H19N3O4S/c1-4-12(16-18-9-10(2)25-16)19-14(21)15(22)20-13-8-6-5-7-11(13)17(23)24-3/h5-9,12H,4H2,1-3H3,(H,19,21)(H,20,22)/t12-/m1/s1. The fourth-order valence-electron chi connectivity index (χ4n) is 2.15. The smallest absolute Gasteiger partial charge is 0.339 e. The molecule has 132 valence electrons. The van der Waals surface area contributed by atoms with Crippen molar-refractivity contribution >= 4 is 34.8 Å². The second kappa shape index (κ2) is 8.39. The predicted octanol–water partition coefficient (Wildman–Crippen LogP) is 2.44. The molecule has 0 spiro atoms. The van der Waals surface area contributed by atoms with Crippen LogP contribution in [0, 0.1) is 6.92 Å². The van der Waals surface area contributed by atoms with Gasteiger partial charge in [0.1, 0.15) is 5.01 Å². The zero-order valence-electron chi connectivity index (χ0n) is 14.2. The molecular weight excluding hydrogens is 342 g/mol. The van der Waals surface area contributed by atoms with E-state index in [1.165, 1.54) is 30.6 Å². The SMILES string of the molecule is CC[C@@H](NC(=O)C(=O)Nc1ccccc1C(=O)OC)c1ncc(C)s1. The number of aromatic nitrogens is 1. The zero-order chi connectivity index (χ0) is 18.4. The van der Waals surface area contributed by atoms with Crippen molar-refractivity contribution in [3.05, 3.63) is 45.9 Å². The number of rotatable bonds is 5. The van der Waals surface area contributed by atoms with Crippen molar-refractivity contribution in [1.82, 2.24) is 10.3 Å². The number of carbonyl (C=O) groups is 3. The molecule has 8 heteroatoms. The quantitative estimate of drug-likeness (QED) is 0.630. The summed E-state index contributed by atoms with van der Waals surface area (Å²) in [6, 6.07) is 5.98. The zero-order valence-corrected chi connectivity index (χ0v) is 15.0. The number of esters is 1. The van der Waals surface area contributed by atoms with Crippen molar-refractivity contribution < 1.29 is 19.1 Å². The average Bonchev–Trinajstić information content (AvgIpc) is 3.05. The van der Waals surface area contributed by atoms with Crippen LogP contribution < -0.4 is 10.6 Å². The van der Waals surface area contributed by atoms with E-state index in [0.29, 0.717) is 6.42 Å². The lowest BCUT2D eigenvalue weighted by molar-refractivity contribution is -0.136. The van der Waals surface area contributed by atoms with Crippen LogP contribution >= 0.6 is 11.3 Å². The van der Waals surface area contributed by atoms with Crippen LogP contribution in [0.5, 0.6) is 0 Å². The molecular formula is C17H19N3O4S. The van der Waals surface area contributed by atoms with Gasteiger partial charge >= 0.3 is 17.8 Å². The summed E-state index contributed by atoms with van der Waals surface area (Å²) >= 11 is 1.47. The highest BCUT2D eigenvalue weighted by Crippen LogP contribution is 2.22. The Hall–Kier alpha value is -2.74. The molecule has 0 radical (unpaired) electrons. The fourth-order valence-corrected chi connectivity index (χ4v) is 3.06. The van der Waals surface area contributed by atoms with Crippen molar-refractivity contribution in [2.75, 3.05) is 12.4 Å². The molecule has 2 aromatic rings. The van der Waals surface area contributed by atoms with E-state index >= 15 is 0 Å². The Morgan fingerprint density at radius 2 is 1.96 bits per heavy atom. The van der Waals surface area contributed by atoms with E-state index in [9.17, 15) is 14.4 Å². The van der Waals surface area contributed by atoms with E-state index in [2.05, 4.69) is 20.4 Å². The topological polar surface area (TPSA) is 97.4 Å². The van der Waals surface area contributed by atoms with Crippen molar-refractivity contribution in [2.24, 2.45) is 0 Å². The molecule has 1 heterocycles. The lowest BCUT2D eigenvalue weighted by Gasteiger charge is -2.15. The van der Waals surface area contributed by atoms with Crippen LogP contribution in [0.4, 0.5) is 5.69 Å². The molecule has 0 saturated carbocycles. The Balaban J connectivity index is 2.08. The molecule has 1 aromatic heterocycles. The first-order valence-corrected chi connectivity index (χ1v) is 8.49. The van der Waals surface area contributed by atoms with Crippen molar-refractivity contribution in [3.8, 4) is 0 Å². The summed E-state index contributed by atoms with van der Waals surface area (Å²) in [7, 11) is 1.25. The summed E-state index contributed by atoms with van der Waals surface area (Å²) in [6.45, 7) is 3.82. The lowest BCUT2D eigenvalue weighted by atomic mass is 10.1. The van der Waals surface area contributed by atoms with Crippen LogP contribution in [0.3, 0.4) is 0 Å². The van der Waals surface area contributed by atoms with Crippen molar-refractivity contribution in [1.29, 1.82) is 0 Å². The van der Waals surface area contributed by atoms with Gasteiger partial charge in [0, 0.05) is 11.1 Å². The summed E-state index contributed by atoms with van der Waals surface area (Å²) in [5, 5.41) is 5.85. The van der Waals surface area contributed by atoms with Gasteiger partial charge in [-0.3, -0.25) is 9.59 Å². The molecule has 2 amide bonds. The van der Waals surface area contributed by atoms with Gasteiger partial charge in [0.25, 0.3) is 0 Å². The molecule has 1 aromatic carbocycles. The van der Waals surface area contributed by atoms with E-state index in [4.69, 9.17) is 0 Å². The van der Waals surface area contributed by atoms with Gasteiger partial charge in [-0.05, 0) is 25.5 Å². The number of hydrogen-bond donors (Lipinski definition) is 2. The highest BCUT2D eigenvalue weighted by molar-refractivity contribution is 7.11. The Morgan fingerprint density at radius 3 is 2.56 bits per heavy atom. The highest BCUT2D eigenvalue weighted by atomic mass is 32.1. The lowest BCUT2D eigenvalue weighted by Crippen LogP contribution is -2.37. The number of para-hydroxylation sites is 1. The number of ether oxygens (including phenoxy) is 1. The molecule has 0 unspecified atom stereocenters. The van der Waals surface area contributed by atoms with Crippen LogP contribution in [0.2, 0.25) is 0 Å². The second-order valence-corrected chi connectivity index (χ2v) is 6.50. The minimum atomic E-state index is -0.858. The van der Waals surface area contributed by atoms with E-state index in [0.717, 1.165) is 9.88 Å². The first kappa shape index (κ1) is 18.6. The van der Waals surface area contributed by atoms with Crippen LogP contribution in [0.25, 0.3) is 0 Å². The molecule has 0 aliphatic heterocycles. The molecule has 0 aliphatic rings. The number of benzene rings is 1. The van der Waals surface area contributed by atoms with E-state index in [1.54, 1.807) is 18.3 Å². The van der Waals surface area contributed by atoms with Gasteiger partial charge in [-0.2, -0.15) is 0 Å². The van der Waals surface area contributed by atoms with Crippen LogP contribution in [0.15, 0.2) is 30.5 Å². The average molecular weight is 361 g/mol. The number of aryl methyl sites for hydroxylation is 1. The summed E-state index contributed by atoms with van der Waals surface area (Å²) in [4.78, 5) is 41.3. The number of thiazole rings is 1. The Morgan fingerprint density at radius 1 is 1.24 bits per heavy atom. The number of nitrogens with one attached hydrogen (secondary N) is 2. The van der Waals surface area contributed by atoms with Crippen LogP contribution in [0.1, 0.15) is 39.6 Å². The third kappa shape index (κ3) is 4.63. The highest BCUT2D eigenvalue weighted by Gasteiger charge is 2.22. The second-order valence-electron chi connectivity index (χ2n) is 5.23. The number of carbonyl (C=O) groups excluding carboxylic acids is 3.